The Kier molecular flexibility index (Phi) is 7.83. The highest BCUT2D eigenvalue weighted by molar-refractivity contribution is 6.07. The average molecular weight is 471 g/mol. The molecule has 0 saturated carbocycles. The Bertz CT molecular complexity index is 1280. The summed E-state index contributed by atoms with van der Waals surface area (Å²) in [5.74, 6) is 0.110. The first-order chi connectivity index (χ1) is 17.1. The molecule has 0 radical (unpaired) electrons. The fourth-order valence-corrected chi connectivity index (χ4v) is 4.00. The van der Waals surface area contributed by atoms with Crippen LogP contribution in [0.1, 0.15) is 28.4 Å². The number of amides is 1. The Hall–Kier alpha value is -4.06. The summed E-state index contributed by atoms with van der Waals surface area (Å²) in [6.45, 7) is 3.13. The first-order valence-corrected chi connectivity index (χ1v) is 11.8. The number of benzene rings is 3. The fraction of sp³-hybridized carbons (Fsp3) is 0.241. The van der Waals surface area contributed by atoms with Gasteiger partial charge in [0.2, 0.25) is 5.91 Å². The van der Waals surface area contributed by atoms with Crippen LogP contribution in [-0.2, 0) is 29.1 Å². The van der Waals surface area contributed by atoms with E-state index in [1.54, 1.807) is 29.6 Å². The van der Waals surface area contributed by atoms with Crippen LogP contribution in [0.3, 0.4) is 0 Å². The zero-order chi connectivity index (χ0) is 24.6. The van der Waals surface area contributed by atoms with Crippen LogP contribution in [-0.4, -0.2) is 41.5 Å². The van der Waals surface area contributed by atoms with Crippen LogP contribution in [0.4, 0.5) is 0 Å². The highest BCUT2D eigenvalue weighted by Crippen LogP contribution is 2.32. The van der Waals surface area contributed by atoms with E-state index in [4.69, 9.17) is 9.47 Å². The molecule has 0 fully saturated rings. The molecule has 6 nitrogen and oxygen atoms in total. The molecule has 0 atom stereocenters. The number of fused-ring (bicyclic) bond motifs is 1. The molecular formula is C29H30N2O4. The lowest BCUT2D eigenvalue weighted by atomic mass is 10.1. The molecule has 0 aliphatic rings. The number of carbonyl (C=O) groups is 2. The maximum absolute atomic E-state index is 13.0. The molecule has 0 bridgehead atoms. The quantitative estimate of drug-likeness (QED) is 0.303. The first kappa shape index (κ1) is 24.1. The Morgan fingerprint density at radius 2 is 1.57 bits per heavy atom. The highest BCUT2D eigenvalue weighted by Gasteiger charge is 2.21. The molecule has 0 spiro atoms. The standard InChI is InChI=1S/C29H30N2O4/c1-3-34-29(33)24-19-31(20-27(32)30(2)18-17-22-11-6-4-7-12-22)25-15-10-16-26(28(24)25)35-21-23-13-8-5-9-14-23/h4-16,19H,3,17-18,20-21H2,1-2H3. The lowest BCUT2D eigenvalue weighted by Crippen LogP contribution is -2.31. The number of hydrogen-bond donors (Lipinski definition) is 0. The van der Waals surface area contributed by atoms with Gasteiger partial charge in [0, 0.05) is 19.8 Å². The zero-order valence-corrected chi connectivity index (χ0v) is 20.1. The fourth-order valence-electron chi connectivity index (χ4n) is 4.00. The van der Waals surface area contributed by atoms with E-state index in [9.17, 15) is 9.59 Å². The minimum Gasteiger partial charge on any atom is -0.488 e. The van der Waals surface area contributed by atoms with Crippen LogP contribution in [0.25, 0.3) is 10.9 Å². The minimum absolute atomic E-state index is 0.0381. The van der Waals surface area contributed by atoms with E-state index in [0.29, 0.717) is 29.9 Å². The number of nitrogens with zero attached hydrogens (tertiary/aromatic N) is 2. The lowest BCUT2D eigenvalue weighted by Gasteiger charge is -2.18. The predicted octanol–water partition coefficient (Wildman–Crippen LogP) is 5.10. The number of aromatic nitrogens is 1. The van der Waals surface area contributed by atoms with Crippen LogP contribution in [0.5, 0.6) is 5.75 Å². The van der Waals surface area contributed by atoms with Gasteiger partial charge in [0.15, 0.2) is 0 Å². The molecule has 35 heavy (non-hydrogen) atoms. The largest absolute Gasteiger partial charge is 0.488 e. The average Bonchev–Trinajstić information content (AvgIpc) is 3.26. The number of hydrogen-bond acceptors (Lipinski definition) is 4. The Morgan fingerprint density at radius 1 is 0.886 bits per heavy atom. The molecule has 6 heteroatoms. The molecule has 1 aromatic heterocycles. The third kappa shape index (κ3) is 5.90. The maximum Gasteiger partial charge on any atom is 0.340 e. The van der Waals surface area contributed by atoms with Crippen molar-refractivity contribution < 1.29 is 19.1 Å². The van der Waals surface area contributed by atoms with Gasteiger partial charge in [-0.25, -0.2) is 4.79 Å². The van der Waals surface area contributed by atoms with Gasteiger partial charge in [0.05, 0.1) is 23.1 Å². The van der Waals surface area contributed by atoms with Gasteiger partial charge in [-0.15, -0.1) is 0 Å². The first-order valence-electron chi connectivity index (χ1n) is 11.8. The molecule has 0 N–H and O–H groups in total. The van der Waals surface area contributed by atoms with E-state index in [-0.39, 0.29) is 19.1 Å². The molecule has 3 aromatic carbocycles. The van der Waals surface area contributed by atoms with E-state index in [0.717, 1.165) is 17.5 Å². The van der Waals surface area contributed by atoms with Crippen LogP contribution in [0.2, 0.25) is 0 Å². The number of likely N-dealkylation sites (N-methyl/N-ethyl adjacent to an activating group) is 1. The van der Waals surface area contributed by atoms with Crippen molar-refractivity contribution in [3.05, 3.63) is 102 Å². The SMILES string of the molecule is CCOC(=O)c1cn(CC(=O)N(C)CCc2ccccc2)c2cccc(OCc3ccccc3)c12. The van der Waals surface area contributed by atoms with E-state index < -0.39 is 5.97 Å². The van der Waals surface area contributed by atoms with Crippen molar-refractivity contribution in [3.63, 3.8) is 0 Å². The summed E-state index contributed by atoms with van der Waals surface area (Å²) in [5.41, 5.74) is 3.36. The monoisotopic (exact) mass is 470 g/mol. The normalized spacial score (nSPS) is 10.8. The van der Waals surface area contributed by atoms with Crippen LogP contribution in [0, 0.1) is 0 Å². The minimum atomic E-state index is -0.433. The second-order valence-electron chi connectivity index (χ2n) is 8.37. The van der Waals surface area contributed by atoms with Gasteiger partial charge < -0.3 is 18.9 Å². The van der Waals surface area contributed by atoms with E-state index >= 15 is 0 Å². The predicted molar refractivity (Wildman–Crippen MR) is 136 cm³/mol. The van der Waals surface area contributed by atoms with Crippen molar-refractivity contribution in [2.75, 3.05) is 20.2 Å². The van der Waals surface area contributed by atoms with Gasteiger partial charge in [-0.3, -0.25) is 4.79 Å². The van der Waals surface area contributed by atoms with Crippen molar-refractivity contribution >= 4 is 22.8 Å². The smallest absolute Gasteiger partial charge is 0.340 e. The highest BCUT2D eigenvalue weighted by atomic mass is 16.5. The van der Waals surface area contributed by atoms with E-state index in [2.05, 4.69) is 12.1 Å². The number of esters is 1. The molecule has 0 unspecified atom stereocenters. The van der Waals surface area contributed by atoms with Crippen LogP contribution in [0.15, 0.2) is 85.1 Å². The number of rotatable bonds is 10. The second-order valence-corrected chi connectivity index (χ2v) is 8.37. The van der Waals surface area contributed by atoms with Gasteiger partial charge >= 0.3 is 5.97 Å². The van der Waals surface area contributed by atoms with Gasteiger partial charge in [0.25, 0.3) is 0 Å². The molecule has 4 aromatic rings. The summed E-state index contributed by atoms with van der Waals surface area (Å²) in [7, 11) is 1.80. The van der Waals surface area contributed by atoms with Crippen molar-refractivity contribution in [2.45, 2.75) is 26.5 Å². The second kappa shape index (κ2) is 11.4. The molecule has 1 amide bonds. The summed E-state index contributed by atoms with van der Waals surface area (Å²) in [4.78, 5) is 27.5. The molecular weight excluding hydrogens is 440 g/mol. The van der Waals surface area contributed by atoms with Gasteiger partial charge in [-0.1, -0.05) is 66.7 Å². The summed E-state index contributed by atoms with van der Waals surface area (Å²) >= 11 is 0. The zero-order valence-electron chi connectivity index (χ0n) is 20.1. The molecule has 0 aliphatic carbocycles. The topological polar surface area (TPSA) is 60.8 Å². The molecule has 1 heterocycles. The van der Waals surface area contributed by atoms with Gasteiger partial charge in [-0.05, 0) is 36.6 Å². The molecule has 4 rings (SSSR count). The number of carbonyl (C=O) groups excluding carboxylic acids is 2. The molecule has 0 aliphatic heterocycles. The summed E-state index contributed by atoms with van der Waals surface area (Å²) in [6.07, 6.45) is 2.47. The van der Waals surface area contributed by atoms with Gasteiger partial charge in [-0.2, -0.15) is 0 Å². The van der Waals surface area contributed by atoms with Crippen molar-refractivity contribution in [1.29, 1.82) is 0 Å². The third-order valence-electron chi connectivity index (χ3n) is 5.91. The number of ether oxygens (including phenoxy) is 2. The van der Waals surface area contributed by atoms with E-state index in [1.165, 1.54) is 5.56 Å². The molecule has 0 saturated heterocycles. The van der Waals surface area contributed by atoms with Crippen molar-refractivity contribution in [2.24, 2.45) is 0 Å². The summed E-state index contributed by atoms with van der Waals surface area (Å²) in [6, 6.07) is 25.5. The summed E-state index contributed by atoms with van der Waals surface area (Å²) < 4.78 is 13.2. The van der Waals surface area contributed by atoms with Crippen LogP contribution >= 0.6 is 0 Å². The molecule has 180 valence electrons. The Labute approximate surface area is 205 Å². The Morgan fingerprint density at radius 3 is 2.26 bits per heavy atom. The van der Waals surface area contributed by atoms with E-state index in [1.807, 2.05) is 66.7 Å². The maximum atomic E-state index is 13.0. The lowest BCUT2D eigenvalue weighted by molar-refractivity contribution is -0.130. The van der Waals surface area contributed by atoms with Gasteiger partial charge in [0.1, 0.15) is 18.9 Å². The third-order valence-corrected chi connectivity index (χ3v) is 5.91. The van der Waals surface area contributed by atoms with Crippen LogP contribution < -0.4 is 4.74 Å². The van der Waals surface area contributed by atoms with Crippen molar-refractivity contribution in [1.82, 2.24) is 9.47 Å². The Balaban J connectivity index is 1.57. The van der Waals surface area contributed by atoms with Crippen molar-refractivity contribution in [3.8, 4) is 5.75 Å². The summed E-state index contributed by atoms with van der Waals surface area (Å²) in [5, 5.41) is 0.654.